The van der Waals surface area contributed by atoms with E-state index in [4.69, 9.17) is 35.2 Å². The second kappa shape index (κ2) is 18.8. The number of carboxylic acids is 1. The van der Waals surface area contributed by atoms with Gasteiger partial charge in [-0.1, -0.05) is 39.5 Å². The summed E-state index contributed by atoms with van der Waals surface area (Å²) in [4.78, 5) is 27.1. The van der Waals surface area contributed by atoms with Crippen molar-refractivity contribution in [1.82, 2.24) is 0 Å². The number of carbonyl (C=O) groups is 1. The zero-order chi connectivity index (χ0) is 21.1. The standard InChI is InChI=1S/C13H29O6P.C3H7NO3/c1-3-5-7-9-17-11-13(12-19-20(14,15)16)18-10-8-6-4-2;4-2(1-5)3(6)7/h13H,3-12H2,1-2H3,(H2,14,15,16);2,5H,1,4H2,(H,6,7). The van der Waals surface area contributed by atoms with Crippen LogP contribution in [0.4, 0.5) is 0 Å². The van der Waals surface area contributed by atoms with E-state index in [1.165, 1.54) is 0 Å². The molecular formula is C16H36NO9P. The molecule has 0 aromatic heterocycles. The molecule has 0 aliphatic carbocycles. The highest BCUT2D eigenvalue weighted by molar-refractivity contribution is 7.46. The van der Waals surface area contributed by atoms with E-state index in [9.17, 15) is 9.36 Å². The van der Waals surface area contributed by atoms with Gasteiger partial charge in [-0.25, -0.2) is 4.57 Å². The van der Waals surface area contributed by atoms with E-state index in [0.717, 1.165) is 38.5 Å². The summed E-state index contributed by atoms with van der Waals surface area (Å²) >= 11 is 0. The van der Waals surface area contributed by atoms with Gasteiger partial charge in [-0.3, -0.25) is 9.32 Å². The van der Waals surface area contributed by atoms with Crippen LogP contribution >= 0.6 is 7.82 Å². The lowest BCUT2D eigenvalue weighted by atomic mass is 10.2. The summed E-state index contributed by atoms with van der Waals surface area (Å²) in [5.74, 6) is -1.18. The molecule has 0 saturated heterocycles. The Morgan fingerprint density at radius 1 is 1.04 bits per heavy atom. The van der Waals surface area contributed by atoms with Crippen LogP contribution in [0.3, 0.4) is 0 Å². The fourth-order valence-corrected chi connectivity index (χ4v) is 2.03. The van der Waals surface area contributed by atoms with Crippen molar-refractivity contribution in [2.24, 2.45) is 5.73 Å². The first kappa shape index (κ1) is 28.6. The van der Waals surface area contributed by atoms with Crippen molar-refractivity contribution < 1.29 is 43.4 Å². The van der Waals surface area contributed by atoms with Crippen molar-refractivity contribution in [3.05, 3.63) is 0 Å². The third-order valence-electron chi connectivity index (χ3n) is 3.24. The highest BCUT2D eigenvalue weighted by Crippen LogP contribution is 2.35. The van der Waals surface area contributed by atoms with Gasteiger partial charge in [-0.2, -0.15) is 0 Å². The number of unbranched alkanes of at least 4 members (excludes halogenated alkanes) is 4. The zero-order valence-corrected chi connectivity index (χ0v) is 17.2. The molecule has 11 heteroatoms. The summed E-state index contributed by atoms with van der Waals surface area (Å²) in [6, 6.07) is -1.13. The molecule has 2 unspecified atom stereocenters. The molecule has 0 aliphatic heterocycles. The minimum atomic E-state index is -4.45. The van der Waals surface area contributed by atoms with Crippen LogP contribution in [0.5, 0.6) is 0 Å². The molecule has 10 nitrogen and oxygen atoms in total. The van der Waals surface area contributed by atoms with E-state index in [0.29, 0.717) is 19.8 Å². The zero-order valence-electron chi connectivity index (χ0n) is 16.3. The van der Waals surface area contributed by atoms with Crippen molar-refractivity contribution in [3.8, 4) is 0 Å². The summed E-state index contributed by atoms with van der Waals surface area (Å²) in [6.07, 6.45) is 5.89. The van der Waals surface area contributed by atoms with E-state index in [2.05, 4.69) is 18.4 Å². The number of hydrogen-bond acceptors (Lipinski definition) is 7. The quantitative estimate of drug-likeness (QED) is 0.182. The number of rotatable bonds is 16. The van der Waals surface area contributed by atoms with E-state index < -0.39 is 32.5 Å². The van der Waals surface area contributed by atoms with Crippen LogP contribution in [0.1, 0.15) is 52.4 Å². The number of nitrogens with two attached hydrogens (primary N) is 1. The molecule has 0 amide bonds. The van der Waals surface area contributed by atoms with Crippen molar-refractivity contribution >= 4 is 13.8 Å². The van der Waals surface area contributed by atoms with Gasteiger partial charge in [0, 0.05) is 13.2 Å². The van der Waals surface area contributed by atoms with E-state index >= 15 is 0 Å². The fraction of sp³-hybridized carbons (Fsp3) is 0.938. The molecule has 0 spiro atoms. The molecule has 164 valence electrons. The Kier molecular flexibility index (Phi) is 19.9. The molecule has 0 fully saturated rings. The van der Waals surface area contributed by atoms with Gasteiger partial charge in [0.25, 0.3) is 0 Å². The number of ether oxygens (including phenoxy) is 2. The van der Waals surface area contributed by atoms with Gasteiger partial charge in [0.15, 0.2) is 0 Å². The Balaban J connectivity index is 0. The molecule has 2 atom stereocenters. The number of phosphoric acid groups is 1. The van der Waals surface area contributed by atoms with Gasteiger partial charge in [-0.15, -0.1) is 0 Å². The number of aliphatic hydroxyl groups excluding tert-OH is 1. The predicted octanol–water partition coefficient (Wildman–Crippen LogP) is 1.27. The first-order chi connectivity index (χ1) is 12.7. The maximum absolute atomic E-state index is 10.7. The highest BCUT2D eigenvalue weighted by Gasteiger charge is 2.19. The molecule has 0 aromatic carbocycles. The third-order valence-corrected chi connectivity index (χ3v) is 3.73. The minimum absolute atomic E-state index is 0.149. The first-order valence-corrected chi connectivity index (χ1v) is 10.7. The molecule has 0 radical (unpaired) electrons. The second-order valence-electron chi connectivity index (χ2n) is 5.90. The molecule has 0 saturated carbocycles. The van der Waals surface area contributed by atoms with Gasteiger partial charge in [0.1, 0.15) is 12.1 Å². The van der Waals surface area contributed by atoms with Crippen LogP contribution in [-0.2, 0) is 23.4 Å². The van der Waals surface area contributed by atoms with Crippen LogP contribution in [0, 0.1) is 0 Å². The molecule has 0 aliphatic rings. The normalized spacial score (nSPS) is 13.6. The monoisotopic (exact) mass is 417 g/mol. The van der Waals surface area contributed by atoms with Gasteiger partial charge in [-0.05, 0) is 12.8 Å². The maximum Gasteiger partial charge on any atom is 0.469 e. The van der Waals surface area contributed by atoms with Crippen LogP contribution in [0.25, 0.3) is 0 Å². The summed E-state index contributed by atoms with van der Waals surface area (Å²) in [5, 5.41) is 15.9. The van der Waals surface area contributed by atoms with Crippen LogP contribution in [-0.4, -0.2) is 71.1 Å². The highest BCUT2D eigenvalue weighted by atomic mass is 31.2. The van der Waals surface area contributed by atoms with Crippen molar-refractivity contribution in [2.45, 2.75) is 64.5 Å². The number of carboxylic acid groups (broad SMARTS) is 1. The van der Waals surface area contributed by atoms with E-state index in [1.54, 1.807) is 0 Å². The number of aliphatic carboxylic acids is 1. The SMILES string of the molecule is CCCCCOCC(COP(=O)(O)O)OCCCCC.NC(CO)C(=O)O. The summed E-state index contributed by atoms with van der Waals surface area (Å²) in [6.45, 7) is 5.06. The maximum atomic E-state index is 10.7. The summed E-state index contributed by atoms with van der Waals surface area (Å²) in [5.41, 5.74) is 4.77. The minimum Gasteiger partial charge on any atom is -0.480 e. The summed E-state index contributed by atoms with van der Waals surface area (Å²) in [7, 11) is -4.45. The molecule has 0 aromatic rings. The second-order valence-corrected chi connectivity index (χ2v) is 7.13. The lowest BCUT2D eigenvalue weighted by Crippen LogP contribution is -2.33. The van der Waals surface area contributed by atoms with Crippen LogP contribution < -0.4 is 5.73 Å². The molecule has 0 heterocycles. The molecule has 0 rings (SSSR count). The topological polar surface area (TPSA) is 169 Å². The smallest absolute Gasteiger partial charge is 0.469 e. The Labute approximate surface area is 161 Å². The lowest BCUT2D eigenvalue weighted by Gasteiger charge is -2.18. The van der Waals surface area contributed by atoms with Crippen molar-refractivity contribution in [2.75, 3.05) is 33.0 Å². The average Bonchev–Trinajstić information content (AvgIpc) is 2.61. The predicted molar refractivity (Wildman–Crippen MR) is 100 cm³/mol. The molecular weight excluding hydrogens is 381 g/mol. The molecule has 0 bridgehead atoms. The Bertz CT molecular complexity index is 392. The van der Waals surface area contributed by atoms with Crippen molar-refractivity contribution in [3.63, 3.8) is 0 Å². The number of aliphatic hydroxyl groups is 1. The first-order valence-electron chi connectivity index (χ1n) is 9.16. The number of phosphoric ester groups is 1. The van der Waals surface area contributed by atoms with Gasteiger partial charge in [0.2, 0.25) is 0 Å². The van der Waals surface area contributed by atoms with Crippen LogP contribution in [0.2, 0.25) is 0 Å². The van der Waals surface area contributed by atoms with Crippen LogP contribution in [0.15, 0.2) is 0 Å². The fourth-order valence-electron chi connectivity index (χ4n) is 1.67. The number of hydrogen-bond donors (Lipinski definition) is 5. The Morgan fingerprint density at radius 2 is 1.59 bits per heavy atom. The average molecular weight is 417 g/mol. The van der Waals surface area contributed by atoms with E-state index in [-0.39, 0.29) is 6.61 Å². The molecule has 27 heavy (non-hydrogen) atoms. The van der Waals surface area contributed by atoms with Gasteiger partial charge >= 0.3 is 13.8 Å². The lowest BCUT2D eigenvalue weighted by molar-refractivity contribution is -0.139. The van der Waals surface area contributed by atoms with E-state index in [1.807, 2.05) is 0 Å². The van der Waals surface area contributed by atoms with Gasteiger partial charge < -0.3 is 35.2 Å². The third kappa shape index (κ3) is 23.4. The van der Waals surface area contributed by atoms with Crippen molar-refractivity contribution in [1.29, 1.82) is 0 Å². The van der Waals surface area contributed by atoms with Gasteiger partial charge in [0.05, 0.1) is 19.8 Å². The molecule has 6 N–H and O–H groups in total. The largest absolute Gasteiger partial charge is 0.480 e. The summed E-state index contributed by atoms with van der Waals surface area (Å²) < 4.78 is 26.2. The Morgan fingerprint density at radius 3 is 2.00 bits per heavy atom. The Hall–Kier alpha value is -0.580.